The van der Waals surface area contributed by atoms with E-state index in [4.69, 9.17) is 0 Å². The molecule has 0 N–H and O–H groups in total. The van der Waals surface area contributed by atoms with Crippen molar-refractivity contribution in [3.05, 3.63) is 73.0 Å². The maximum absolute atomic E-state index is 12.9. The molecule has 1 aromatic carbocycles. The molecule has 3 rings (SSSR count). The first-order chi connectivity index (χ1) is 12.1. The van der Waals surface area contributed by atoms with Gasteiger partial charge in [-0.05, 0) is 23.8 Å². The second kappa shape index (κ2) is 8.81. The molecule has 28 heavy (non-hydrogen) atoms. The van der Waals surface area contributed by atoms with Crippen LogP contribution in [0.25, 0.3) is 11.3 Å². The molecule has 0 bridgehead atoms. The molecule has 0 aliphatic heterocycles. The van der Waals surface area contributed by atoms with Crippen molar-refractivity contribution in [1.82, 2.24) is 20.0 Å². The molecular formula is C17H12F6N4Zn. The van der Waals surface area contributed by atoms with Gasteiger partial charge < -0.3 is 7.43 Å². The third-order valence-electron chi connectivity index (χ3n) is 3.50. The van der Waals surface area contributed by atoms with Crippen molar-refractivity contribution < 1.29 is 45.8 Å². The molecule has 0 aliphatic carbocycles. The van der Waals surface area contributed by atoms with Gasteiger partial charge in [0.2, 0.25) is 0 Å². The summed E-state index contributed by atoms with van der Waals surface area (Å²) in [4.78, 5) is 3.83. The van der Waals surface area contributed by atoms with Crippen molar-refractivity contribution in [2.75, 3.05) is 0 Å². The first kappa shape index (κ1) is 23.8. The average molecular weight is 452 g/mol. The Labute approximate surface area is 169 Å². The Morgan fingerprint density at radius 3 is 1.93 bits per heavy atom. The smallest absolute Gasteiger partial charge is 0.358 e. The fourth-order valence-electron chi connectivity index (χ4n) is 2.34. The Bertz CT molecular complexity index is 874. The number of pyridine rings is 1. The Hall–Kier alpha value is -2.29. The quantitative estimate of drug-likeness (QED) is 0.330. The minimum absolute atomic E-state index is 0. The monoisotopic (exact) mass is 450 g/mol. The van der Waals surface area contributed by atoms with E-state index in [2.05, 4.69) is 21.5 Å². The molecule has 4 nitrogen and oxygen atoms in total. The van der Waals surface area contributed by atoms with Crippen LogP contribution in [0.5, 0.6) is 0 Å². The van der Waals surface area contributed by atoms with Crippen LogP contribution in [0.4, 0.5) is 26.3 Å². The van der Waals surface area contributed by atoms with Gasteiger partial charge in [0.25, 0.3) is 0 Å². The van der Waals surface area contributed by atoms with E-state index in [-0.39, 0.29) is 45.1 Å². The minimum atomic E-state index is -4.90. The summed E-state index contributed by atoms with van der Waals surface area (Å²) in [6.07, 6.45) is -4.29. The van der Waals surface area contributed by atoms with Gasteiger partial charge in [-0.1, -0.05) is 17.1 Å². The zero-order chi connectivity index (χ0) is 18.9. The molecule has 0 spiro atoms. The van der Waals surface area contributed by atoms with Crippen molar-refractivity contribution >= 4 is 0 Å². The summed E-state index contributed by atoms with van der Waals surface area (Å²) in [5.74, 6) is 0. The molecule has 0 atom stereocenters. The number of rotatable bonds is 3. The molecule has 11 heteroatoms. The Morgan fingerprint density at radius 2 is 1.43 bits per heavy atom. The van der Waals surface area contributed by atoms with Crippen LogP contribution in [-0.2, 0) is 38.4 Å². The van der Waals surface area contributed by atoms with Crippen LogP contribution in [-0.4, -0.2) is 20.0 Å². The maximum atomic E-state index is 12.9. The molecule has 0 aliphatic rings. The standard InChI is InChI=1S/C16H9F6N4.CH3.Zn/c17-15(18,19)12-5-10(6-13(7-12)16(20,21)22)9-26-14(8-24-25-26)11-1-3-23-4-2-11;;/h1-7H,9H2;1H3;/q2*-1;+2. The number of hydrogen-bond acceptors (Lipinski definition) is 3. The first-order valence-electron chi connectivity index (χ1n) is 7.14. The molecule has 0 radical (unpaired) electrons. The zero-order valence-electron chi connectivity index (χ0n) is 14.5. The fourth-order valence-corrected chi connectivity index (χ4v) is 2.34. The number of hydrogen-bond donors (Lipinski definition) is 0. The van der Waals surface area contributed by atoms with Crippen molar-refractivity contribution in [3.8, 4) is 11.3 Å². The van der Waals surface area contributed by atoms with Crippen molar-refractivity contribution in [3.63, 3.8) is 0 Å². The SMILES string of the molecule is FC(F)(F)c1cc(Cn2nn[c-]c2-c2ccncc2)cc(C(F)(F)F)c1.[CH3-].[Zn+2]. The van der Waals surface area contributed by atoms with Crippen LogP contribution in [0.1, 0.15) is 16.7 Å². The van der Waals surface area contributed by atoms with Crippen LogP contribution < -0.4 is 0 Å². The topological polar surface area (TPSA) is 43.6 Å². The molecule has 0 amide bonds. The summed E-state index contributed by atoms with van der Waals surface area (Å²) >= 11 is 0. The van der Waals surface area contributed by atoms with E-state index in [9.17, 15) is 26.3 Å². The van der Waals surface area contributed by atoms with Gasteiger partial charge in [0, 0.05) is 12.4 Å². The summed E-state index contributed by atoms with van der Waals surface area (Å²) in [5, 5.41) is 7.26. The molecule has 0 fully saturated rings. The Morgan fingerprint density at radius 1 is 0.893 bits per heavy atom. The van der Waals surface area contributed by atoms with E-state index in [1.54, 1.807) is 12.1 Å². The number of halogens is 6. The average Bonchev–Trinajstić information content (AvgIpc) is 3.02. The van der Waals surface area contributed by atoms with Gasteiger partial charge in [-0.2, -0.15) is 26.3 Å². The fraction of sp³-hybridized carbons (Fsp3) is 0.176. The van der Waals surface area contributed by atoms with Crippen molar-refractivity contribution in [2.45, 2.75) is 18.9 Å². The second-order valence-electron chi connectivity index (χ2n) is 5.36. The second-order valence-corrected chi connectivity index (χ2v) is 5.36. The summed E-state index contributed by atoms with van der Waals surface area (Å²) in [6.45, 7) is -0.332. The number of aromatic nitrogens is 4. The molecule has 2 heterocycles. The number of benzene rings is 1. The molecule has 2 aromatic heterocycles. The minimum Gasteiger partial charge on any atom is -0.358 e. The molecule has 3 aromatic rings. The summed E-state index contributed by atoms with van der Waals surface area (Å²) in [7, 11) is 0. The first-order valence-corrected chi connectivity index (χ1v) is 7.14. The van der Waals surface area contributed by atoms with Crippen LogP contribution in [0.3, 0.4) is 0 Å². The van der Waals surface area contributed by atoms with E-state index in [0.29, 0.717) is 23.4 Å². The largest absolute Gasteiger partial charge is 2.00 e. The molecular weight excluding hydrogens is 440 g/mol. The van der Waals surface area contributed by atoms with Crippen LogP contribution in [0.15, 0.2) is 42.7 Å². The van der Waals surface area contributed by atoms with Crippen LogP contribution in [0, 0.1) is 13.6 Å². The molecule has 0 saturated heterocycles. The van der Waals surface area contributed by atoms with Gasteiger partial charge >= 0.3 is 31.8 Å². The maximum Gasteiger partial charge on any atom is 2.00 e. The third kappa shape index (κ3) is 5.37. The van der Waals surface area contributed by atoms with Gasteiger partial charge in [0.05, 0.1) is 17.7 Å². The Balaban J connectivity index is 0.00000196. The van der Waals surface area contributed by atoms with Crippen molar-refractivity contribution in [1.29, 1.82) is 0 Å². The van der Waals surface area contributed by atoms with Crippen molar-refractivity contribution in [2.24, 2.45) is 0 Å². The molecule has 144 valence electrons. The van der Waals surface area contributed by atoms with Gasteiger partial charge in [0.1, 0.15) is 0 Å². The third-order valence-corrected chi connectivity index (χ3v) is 3.50. The normalized spacial score (nSPS) is 11.5. The van der Waals surface area contributed by atoms with Gasteiger partial charge in [0.15, 0.2) is 0 Å². The van der Waals surface area contributed by atoms with Gasteiger partial charge in [-0.25, -0.2) is 5.10 Å². The van der Waals surface area contributed by atoms with E-state index in [1.165, 1.54) is 17.1 Å². The number of nitrogens with zero attached hydrogens (tertiary/aromatic N) is 4. The van der Waals surface area contributed by atoms with E-state index in [1.807, 2.05) is 0 Å². The van der Waals surface area contributed by atoms with E-state index >= 15 is 0 Å². The number of alkyl halides is 6. The zero-order valence-corrected chi connectivity index (χ0v) is 17.5. The van der Waals surface area contributed by atoms with E-state index in [0.717, 1.165) is 0 Å². The Kier molecular flexibility index (Phi) is 7.47. The van der Waals surface area contributed by atoms with Gasteiger partial charge in [-0.3, -0.25) is 9.67 Å². The molecule has 0 saturated carbocycles. The van der Waals surface area contributed by atoms with Crippen LogP contribution >= 0.6 is 0 Å². The molecule has 0 unspecified atom stereocenters. The predicted molar refractivity (Wildman–Crippen MR) is 84.1 cm³/mol. The summed E-state index contributed by atoms with van der Waals surface area (Å²) < 4.78 is 78.8. The predicted octanol–water partition coefficient (Wildman–Crippen LogP) is 4.67. The summed E-state index contributed by atoms with van der Waals surface area (Å²) in [5.41, 5.74) is -2.07. The summed E-state index contributed by atoms with van der Waals surface area (Å²) in [6, 6.07) is 4.60. The van der Waals surface area contributed by atoms with Gasteiger partial charge in [-0.15, -0.1) is 17.7 Å². The van der Waals surface area contributed by atoms with E-state index < -0.39 is 23.5 Å². The van der Waals surface area contributed by atoms with Crippen LogP contribution in [0.2, 0.25) is 0 Å².